The highest BCUT2D eigenvalue weighted by Crippen LogP contribution is 2.11. The Bertz CT molecular complexity index is 636. The maximum Gasteiger partial charge on any atom is 0.357 e. The molecule has 0 aliphatic carbocycles. The van der Waals surface area contributed by atoms with Crippen LogP contribution in [0.15, 0.2) is 54.6 Å². The van der Waals surface area contributed by atoms with Crippen molar-refractivity contribution in [1.82, 2.24) is 4.90 Å². The summed E-state index contributed by atoms with van der Waals surface area (Å²) in [6.45, 7) is 3.05. The minimum absolute atomic E-state index is 0.133. The first kappa shape index (κ1) is 17.4. The van der Waals surface area contributed by atoms with Gasteiger partial charge in [-0.2, -0.15) is 0 Å². The Balaban J connectivity index is 1.45. The van der Waals surface area contributed by atoms with Crippen LogP contribution in [0, 0.1) is 7.14 Å². The Kier molecular flexibility index (Phi) is 6.66. The van der Waals surface area contributed by atoms with Crippen LogP contribution in [0.2, 0.25) is 0 Å². The number of benzene rings is 2. The molecule has 24 heavy (non-hydrogen) atoms. The van der Waals surface area contributed by atoms with Crippen LogP contribution in [-0.2, 0) is 4.79 Å². The molecule has 0 unspecified atom stereocenters. The number of carbonyl (C=O) groups excluding carboxylic acids is 1. The third kappa shape index (κ3) is 5.60. The van der Waals surface area contributed by atoms with Gasteiger partial charge in [-0.1, -0.05) is 24.6 Å². The molecule has 0 saturated carbocycles. The molecule has 0 bridgehead atoms. The Morgan fingerprint density at radius 3 is 2.29 bits per heavy atom. The molecular weight excluding hydrogens is 413 g/mol. The SMILES string of the molecule is O=C(CCN1CCCCC1)Oc1ccc([I+]c2ccccc2)cc1. The second-order valence-electron chi connectivity index (χ2n) is 5.97. The van der Waals surface area contributed by atoms with Crippen molar-refractivity contribution in [3.8, 4) is 5.75 Å². The molecule has 126 valence electrons. The topological polar surface area (TPSA) is 29.5 Å². The van der Waals surface area contributed by atoms with Crippen molar-refractivity contribution in [2.45, 2.75) is 25.7 Å². The minimum Gasteiger partial charge on any atom is -0.426 e. The van der Waals surface area contributed by atoms with Crippen LogP contribution in [0.1, 0.15) is 25.7 Å². The number of halogens is 1. The van der Waals surface area contributed by atoms with E-state index in [0.717, 1.165) is 19.6 Å². The van der Waals surface area contributed by atoms with Crippen LogP contribution < -0.4 is 25.9 Å². The van der Waals surface area contributed by atoms with Gasteiger partial charge in [0, 0.05) is 6.54 Å². The van der Waals surface area contributed by atoms with E-state index in [2.05, 4.69) is 41.3 Å². The van der Waals surface area contributed by atoms with E-state index in [0.29, 0.717) is 12.2 Å². The molecule has 0 radical (unpaired) electrons. The highest BCUT2D eigenvalue weighted by atomic mass is 127. The van der Waals surface area contributed by atoms with Gasteiger partial charge < -0.3 is 9.64 Å². The predicted molar refractivity (Wildman–Crippen MR) is 90.8 cm³/mol. The van der Waals surface area contributed by atoms with Crippen molar-refractivity contribution in [2.24, 2.45) is 0 Å². The van der Waals surface area contributed by atoms with Crippen molar-refractivity contribution in [3.05, 3.63) is 61.7 Å². The Labute approximate surface area is 154 Å². The Morgan fingerprint density at radius 2 is 1.58 bits per heavy atom. The van der Waals surface area contributed by atoms with Gasteiger partial charge in [0.05, 0.1) is 6.42 Å². The smallest absolute Gasteiger partial charge is 0.357 e. The fourth-order valence-corrected chi connectivity index (χ4v) is 5.00. The van der Waals surface area contributed by atoms with Crippen LogP contribution in [0.5, 0.6) is 5.75 Å². The summed E-state index contributed by atoms with van der Waals surface area (Å²) < 4.78 is 8.18. The average Bonchev–Trinajstić information content (AvgIpc) is 2.63. The van der Waals surface area contributed by atoms with Crippen LogP contribution in [0.25, 0.3) is 0 Å². The van der Waals surface area contributed by atoms with Gasteiger partial charge in [-0.3, -0.25) is 4.79 Å². The summed E-state index contributed by atoms with van der Waals surface area (Å²) in [5.41, 5.74) is 0. The van der Waals surface area contributed by atoms with Crippen LogP contribution in [0.4, 0.5) is 0 Å². The van der Waals surface area contributed by atoms with Gasteiger partial charge in [0.2, 0.25) is 0 Å². The number of esters is 1. The highest BCUT2D eigenvalue weighted by Gasteiger charge is 2.16. The van der Waals surface area contributed by atoms with Crippen LogP contribution >= 0.6 is 0 Å². The summed E-state index contributed by atoms with van der Waals surface area (Å²) in [7, 11) is 0. The number of carbonyl (C=O) groups is 1. The molecule has 1 heterocycles. The van der Waals surface area contributed by atoms with Gasteiger partial charge in [-0.05, 0) is 62.3 Å². The second-order valence-corrected chi connectivity index (χ2v) is 9.00. The average molecular weight is 436 g/mol. The largest absolute Gasteiger partial charge is 0.426 e. The first-order chi connectivity index (χ1) is 11.8. The van der Waals surface area contributed by atoms with E-state index in [4.69, 9.17) is 4.74 Å². The molecule has 0 aromatic heterocycles. The first-order valence-corrected chi connectivity index (χ1v) is 10.7. The van der Waals surface area contributed by atoms with Crippen molar-refractivity contribution in [3.63, 3.8) is 0 Å². The van der Waals surface area contributed by atoms with Crippen molar-refractivity contribution in [1.29, 1.82) is 0 Å². The maximum absolute atomic E-state index is 12.0. The molecule has 3 nitrogen and oxygen atoms in total. The molecule has 2 aromatic rings. The molecule has 0 N–H and O–H groups in total. The van der Waals surface area contributed by atoms with Gasteiger partial charge in [-0.15, -0.1) is 0 Å². The normalized spacial score (nSPS) is 15.2. The third-order valence-electron chi connectivity index (χ3n) is 4.08. The molecule has 0 spiro atoms. The Morgan fingerprint density at radius 1 is 0.917 bits per heavy atom. The summed E-state index contributed by atoms with van der Waals surface area (Å²) in [6.07, 6.45) is 4.29. The molecule has 1 aliphatic rings. The number of ether oxygens (including phenoxy) is 1. The molecule has 2 aromatic carbocycles. The van der Waals surface area contributed by atoms with E-state index >= 15 is 0 Å². The maximum atomic E-state index is 12.0. The van der Waals surface area contributed by atoms with E-state index in [1.54, 1.807) is 0 Å². The number of hydrogen-bond acceptors (Lipinski definition) is 3. The molecule has 1 aliphatic heterocycles. The minimum atomic E-state index is -0.169. The van der Waals surface area contributed by atoms with Gasteiger partial charge in [-0.25, -0.2) is 0 Å². The molecule has 0 atom stereocenters. The summed E-state index contributed by atoms with van der Waals surface area (Å²) in [4.78, 5) is 14.3. The van der Waals surface area contributed by atoms with Crippen LogP contribution in [-0.4, -0.2) is 30.5 Å². The first-order valence-electron chi connectivity index (χ1n) is 8.52. The molecule has 1 saturated heterocycles. The lowest BCUT2D eigenvalue weighted by molar-refractivity contribution is -0.597. The molecular formula is C20H23INO2+. The number of likely N-dealkylation sites (tertiary alicyclic amines) is 1. The standard InChI is InChI=1S/C20H23INO2/c23-20(13-16-22-14-5-2-6-15-22)24-19-11-9-18(10-12-19)21-17-7-3-1-4-8-17/h1,3-4,7-12H,2,5-6,13-16H2/q+1. The van der Waals surface area contributed by atoms with Crippen molar-refractivity contribution < 1.29 is 30.7 Å². The lowest BCUT2D eigenvalue weighted by Crippen LogP contribution is -3.61. The zero-order chi connectivity index (χ0) is 16.6. The zero-order valence-electron chi connectivity index (χ0n) is 13.8. The lowest BCUT2D eigenvalue weighted by Gasteiger charge is -2.25. The van der Waals surface area contributed by atoms with Gasteiger partial charge >= 0.3 is 27.2 Å². The summed E-state index contributed by atoms with van der Waals surface area (Å²) >= 11 is -0.169. The lowest BCUT2D eigenvalue weighted by atomic mass is 10.1. The van der Waals surface area contributed by atoms with E-state index in [9.17, 15) is 4.79 Å². The monoisotopic (exact) mass is 436 g/mol. The van der Waals surface area contributed by atoms with Crippen molar-refractivity contribution in [2.75, 3.05) is 19.6 Å². The highest BCUT2D eigenvalue weighted by molar-refractivity contribution is 5.72. The molecule has 0 amide bonds. The number of rotatable bonds is 6. The van der Waals surface area contributed by atoms with Gasteiger partial charge in [0.1, 0.15) is 5.75 Å². The molecule has 1 fully saturated rings. The number of hydrogen-bond donors (Lipinski definition) is 0. The summed E-state index contributed by atoms with van der Waals surface area (Å²) in [6, 6.07) is 18.5. The molecule has 3 rings (SSSR count). The molecule has 4 heteroatoms. The van der Waals surface area contributed by atoms with E-state index in [1.807, 2.05) is 18.2 Å². The quantitative estimate of drug-likeness (QED) is 0.378. The third-order valence-corrected chi connectivity index (χ3v) is 6.76. The second kappa shape index (κ2) is 9.18. The van der Waals surface area contributed by atoms with E-state index in [1.165, 1.54) is 26.4 Å². The van der Waals surface area contributed by atoms with Gasteiger partial charge in [0.15, 0.2) is 7.14 Å². The fraction of sp³-hybridized carbons (Fsp3) is 0.350. The van der Waals surface area contributed by atoms with E-state index in [-0.39, 0.29) is 27.2 Å². The van der Waals surface area contributed by atoms with E-state index < -0.39 is 0 Å². The summed E-state index contributed by atoms with van der Waals surface area (Å²) in [5.74, 6) is 0.519. The van der Waals surface area contributed by atoms with Gasteiger partial charge in [0.25, 0.3) is 0 Å². The predicted octanol–water partition coefficient (Wildman–Crippen LogP) is 0.596. The zero-order valence-corrected chi connectivity index (χ0v) is 15.9. The Hall–Kier alpha value is -1.40. The fourth-order valence-electron chi connectivity index (χ4n) is 2.78. The number of piperidine rings is 1. The van der Waals surface area contributed by atoms with Crippen molar-refractivity contribution >= 4 is 5.97 Å². The number of nitrogens with zero attached hydrogens (tertiary/aromatic N) is 1. The summed E-state index contributed by atoms with van der Waals surface area (Å²) in [5, 5.41) is 0. The van der Waals surface area contributed by atoms with Crippen LogP contribution in [0.3, 0.4) is 0 Å².